The van der Waals surface area contributed by atoms with Crippen LogP contribution in [0, 0.1) is 17.0 Å². The van der Waals surface area contributed by atoms with Crippen LogP contribution in [0.1, 0.15) is 11.4 Å². The summed E-state index contributed by atoms with van der Waals surface area (Å²) in [6.07, 6.45) is -4.67. The number of nitrogens with one attached hydrogen (secondary N) is 1. The molecule has 0 bridgehead atoms. The van der Waals surface area contributed by atoms with Crippen molar-refractivity contribution in [3.05, 3.63) is 44.9 Å². The van der Waals surface area contributed by atoms with Gasteiger partial charge in [-0.25, -0.2) is 9.97 Å². The molecule has 134 valence electrons. The standard InChI is InChI=1S/C14H13ClF3N5O2/c1-7-19-12(15)11(23(24)25)13(20-7)21-10-5-4-8(22(2)3)6-9(10)14(16,17)18/h4-6H,1-3H3,(H,19,20,21). The molecule has 0 atom stereocenters. The number of nitrogens with zero attached hydrogens (tertiary/aromatic N) is 4. The Kier molecular flexibility index (Phi) is 5.02. The van der Waals surface area contributed by atoms with Crippen LogP contribution in [0.3, 0.4) is 0 Å². The molecule has 2 aromatic rings. The molecular formula is C14H13ClF3N5O2. The van der Waals surface area contributed by atoms with Gasteiger partial charge in [0.05, 0.1) is 16.2 Å². The summed E-state index contributed by atoms with van der Waals surface area (Å²) in [6.45, 7) is 1.42. The molecule has 0 aliphatic heterocycles. The van der Waals surface area contributed by atoms with Crippen molar-refractivity contribution in [2.24, 2.45) is 0 Å². The lowest BCUT2D eigenvalue weighted by atomic mass is 10.1. The third-order valence-corrected chi connectivity index (χ3v) is 3.48. The van der Waals surface area contributed by atoms with E-state index >= 15 is 0 Å². The quantitative estimate of drug-likeness (QED) is 0.490. The van der Waals surface area contributed by atoms with Gasteiger partial charge >= 0.3 is 11.9 Å². The minimum atomic E-state index is -4.67. The van der Waals surface area contributed by atoms with Gasteiger partial charge in [0, 0.05) is 19.8 Å². The van der Waals surface area contributed by atoms with E-state index in [1.807, 2.05) is 0 Å². The number of nitro groups is 1. The predicted molar refractivity (Wildman–Crippen MR) is 87.5 cm³/mol. The highest BCUT2D eigenvalue weighted by atomic mass is 35.5. The van der Waals surface area contributed by atoms with Crippen molar-refractivity contribution in [2.75, 3.05) is 24.3 Å². The van der Waals surface area contributed by atoms with Crippen molar-refractivity contribution in [3.63, 3.8) is 0 Å². The summed E-state index contributed by atoms with van der Waals surface area (Å²) < 4.78 is 40.1. The predicted octanol–water partition coefficient (Wildman–Crippen LogP) is 4.18. The minimum Gasteiger partial charge on any atom is -0.378 e. The Bertz CT molecular complexity index is 827. The van der Waals surface area contributed by atoms with Gasteiger partial charge in [-0.15, -0.1) is 0 Å². The maximum absolute atomic E-state index is 13.4. The van der Waals surface area contributed by atoms with Crippen LogP contribution < -0.4 is 10.2 Å². The van der Waals surface area contributed by atoms with E-state index in [0.29, 0.717) is 5.69 Å². The van der Waals surface area contributed by atoms with Crippen molar-refractivity contribution in [1.82, 2.24) is 9.97 Å². The molecule has 1 aromatic heterocycles. The van der Waals surface area contributed by atoms with E-state index in [1.54, 1.807) is 14.1 Å². The number of rotatable bonds is 4. The molecule has 0 aliphatic carbocycles. The third kappa shape index (κ3) is 4.08. The summed E-state index contributed by atoms with van der Waals surface area (Å²) >= 11 is 5.73. The first-order valence-corrected chi connectivity index (χ1v) is 7.22. The van der Waals surface area contributed by atoms with Crippen molar-refractivity contribution in [2.45, 2.75) is 13.1 Å². The Labute approximate surface area is 145 Å². The molecule has 0 saturated heterocycles. The fraction of sp³-hybridized carbons (Fsp3) is 0.286. The number of alkyl halides is 3. The molecule has 1 N–H and O–H groups in total. The number of hydrogen-bond donors (Lipinski definition) is 1. The van der Waals surface area contributed by atoms with Crippen molar-refractivity contribution in [1.29, 1.82) is 0 Å². The summed E-state index contributed by atoms with van der Waals surface area (Å²) in [7, 11) is 3.20. The van der Waals surface area contributed by atoms with Gasteiger partial charge in [-0.3, -0.25) is 10.1 Å². The maximum atomic E-state index is 13.4. The molecule has 7 nitrogen and oxygen atoms in total. The largest absolute Gasteiger partial charge is 0.418 e. The van der Waals surface area contributed by atoms with E-state index in [4.69, 9.17) is 11.6 Å². The monoisotopic (exact) mass is 375 g/mol. The Balaban J connectivity index is 2.60. The fourth-order valence-electron chi connectivity index (χ4n) is 2.06. The smallest absolute Gasteiger partial charge is 0.378 e. The summed E-state index contributed by atoms with van der Waals surface area (Å²) in [5.74, 6) is -0.331. The normalized spacial score (nSPS) is 11.3. The zero-order valence-electron chi connectivity index (χ0n) is 13.3. The van der Waals surface area contributed by atoms with Crippen molar-refractivity contribution < 1.29 is 18.1 Å². The topological polar surface area (TPSA) is 84.2 Å². The lowest BCUT2D eigenvalue weighted by molar-refractivity contribution is -0.384. The van der Waals surface area contributed by atoms with Gasteiger partial charge in [-0.1, -0.05) is 11.6 Å². The molecule has 0 saturated carbocycles. The Hall–Kier alpha value is -2.62. The van der Waals surface area contributed by atoms with E-state index in [2.05, 4.69) is 15.3 Å². The molecular weight excluding hydrogens is 363 g/mol. The first kappa shape index (κ1) is 18.7. The first-order chi connectivity index (χ1) is 11.5. The van der Waals surface area contributed by atoms with E-state index in [9.17, 15) is 23.3 Å². The minimum absolute atomic E-state index is 0.0802. The van der Waals surface area contributed by atoms with Gasteiger partial charge in [-0.2, -0.15) is 13.2 Å². The Morgan fingerprint density at radius 2 is 1.92 bits per heavy atom. The lowest BCUT2D eigenvalue weighted by Gasteiger charge is -2.19. The summed E-state index contributed by atoms with van der Waals surface area (Å²) in [6, 6.07) is 3.55. The number of anilines is 3. The zero-order valence-corrected chi connectivity index (χ0v) is 14.1. The van der Waals surface area contributed by atoms with E-state index in [-0.39, 0.29) is 11.5 Å². The van der Waals surface area contributed by atoms with Crippen molar-refractivity contribution >= 4 is 34.5 Å². The van der Waals surface area contributed by atoms with Crippen LogP contribution in [0.4, 0.5) is 36.1 Å². The second-order valence-corrected chi connectivity index (χ2v) is 5.62. The number of aromatic nitrogens is 2. The van der Waals surface area contributed by atoms with Crippen LogP contribution in [-0.2, 0) is 6.18 Å². The summed E-state index contributed by atoms with van der Waals surface area (Å²) in [4.78, 5) is 19.2. The van der Waals surface area contributed by atoms with Gasteiger partial charge in [0.15, 0.2) is 0 Å². The average molecular weight is 376 g/mol. The van der Waals surface area contributed by atoms with Crippen LogP contribution in [0.2, 0.25) is 5.15 Å². The molecule has 1 heterocycles. The third-order valence-electron chi connectivity index (χ3n) is 3.21. The first-order valence-electron chi connectivity index (χ1n) is 6.85. The maximum Gasteiger partial charge on any atom is 0.418 e. The molecule has 25 heavy (non-hydrogen) atoms. The Morgan fingerprint density at radius 3 is 2.44 bits per heavy atom. The molecule has 0 unspecified atom stereocenters. The van der Waals surface area contributed by atoms with Gasteiger partial charge in [0.25, 0.3) is 0 Å². The van der Waals surface area contributed by atoms with Gasteiger partial charge in [-0.05, 0) is 25.1 Å². The van der Waals surface area contributed by atoms with Gasteiger partial charge in [0.2, 0.25) is 11.0 Å². The molecule has 0 spiro atoms. The summed E-state index contributed by atoms with van der Waals surface area (Å²) in [5, 5.41) is 13.0. The van der Waals surface area contributed by atoms with Gasteiger partial charge < -0.3 is 10.2 Å². The number of aryl methyl sites for hydroxylation is 1. The zero-order chi connectivity index (χ0) is 18.9. The number of hydrogen-bond acceptors (Lipinski definition) is 6. The molecule has 11 heteroatoms. The number of benzene rings is 1. The van der Waals surface area contributed by atoms with Gasteiger partial charge in [0.1, 0.15) is 5.82 Å². The second kappa shape index (κ2) is 6.71. The van der Waals surface area contributed by atoms with E-state index in [0.717, 1.165) is 6.07 Å². The SMILES string of the molecule is Cc1nc(Cl)c([N+](=O)[O-])c(Nc2ccc(N(C)C)cc2C(F)(F)F)n1. The molecule has 1 aromatic carbocycles. The fourth-order valence-corrected chi connectivity index (χ4v) is 2.34. The second-order valence-electron chi connectivity index (χ2n) is 5.26. The highest BCUT2D eigenvalue weighted by Crippen LogP contribution is 2.40. The number of halogens is 4. The van der Waals surface area contributed by atoms with Crippen LogP contribution in [0.15, 0.2) is 18.2 Å². The summed E-state index contributed by atoms with van der Waals surface area (Å²) in [5.41, 5.74) is -1.74. The van der Waals surface area contributed by atoms with Crippen molar-refractivity contribution in [3.8, 4) is 0 Å². The van der Waals surface area contributed by atoms with Crippen LogP contribution in [-0.4, -0.2) is 29.0 Å². The van der Waals surface area contributed by atoms with E-state index in [1.165, 1.54) is 24.0 Å². The van der Waals surface area contributed by atoms with Crippen LogP contribution in [0.5, 0.6) is 0 Å². The average Bonchev–Trinajstić information content (AvgIpc) is 2.44. The highest BCUT2D eigenvalue weighted by Gasteiger charge is 2.35. The molecule has 0 amide bonds. The van der Waals surface area contributed by atoms with Crippen LogP contribution in [0.25, 0.3) is 0 Å². The molecule has 0 radical (unpaired) electrons. The molecule has 2 rings (SSSR count). The van der Waals surface area contributed by atoms with Crippen LogP contribution >= 0.6 is 11.6 Å². The van der Waals surface area contributed by atoms with E-state index < -0.39 is 33.3 Å². The Morgan fingerprint density at radius 1 is 1.28 bits per heavy atom. The molecule has 0 aliphatic rings. The highest BCUT2D eigenvalue weighted by molar-refractivity contribution is 6.32. The molecule has 0 fully saturated rings. The lowest BCUT2D eigenvalue weighted by Crippen LogP contribution is -2.14.